The number of phenols is 1. The number of para-hydroxylation sites is 1. The highest BCUT2D eigenvalue weighted by atomic mass is 35.5. The van der Waals surface area contributed by atoms with Crippen LogP contribution in [0.4, 0.5) is 0 Å². The Hall–Kier alpha value is -3.25. The van der Waals surface area contributed by atoms with Crippen LogP contribution in [-0.2, 0) is 0 Å². The fraction of sp³-hybridized carbons (Fsp3) is 0.217. The number of ether oxygens (including phenoxy) is 2. The highest BCUT2D eigenvalue weighted by molar-refractivity contribution is 6.31. The largest absolute Gasteiger partial charge is 0.507 e. The summed E-state index contributed by atoms with van der Waals surface area (Å²) < 4.78 is 12.3. The summed E-state index contributed by atoms with van der Waals surface area (Å²) in [5.74, 6) is 1.60. The molecule has 0 saturated carbocycles. The Bertz CT molecular complexity index is 1120. The van der Waals surface area contributed by atoms with E-state index >= 15 is 0 Å². The summed E-state index contributed by atoms with van der Waals surface area (Å²) in [6.07, 6.45) is 3.65. The summed E-state index contributed by atoms with van der Waals surface area (Å²) in [6.45, 7) is 2.50. The van der Waals surface area contributed by atoms with E-state index in [-0.39, 0.29) is 11.8 Å². The van der Waals surface area contributed by atoms with Crippen LogP contribution in [0.1, 0.15) is 42.3 Å². The van der Waals surface area contributed by atoms with E-state index in [1.165, 1.54) is 0 Å². The molecule has 2 aliphatic heterocycles. The van der Waals surface area contributed by atoms with E-state index in [9.17, 15) is 5.11 Å². The minimum atomic E-state index is -0.439. The van der Waals surface area contributed by atoms with Crippen LogP contribution in [0, 0.1) is 0 Å². The van der Waals surface area contributed by atoms with Crippen molar-refractivity contribution < 1.29 is 14.6 Å². The number of hydrazone groups is 1. The summed E-state index contributed by atoms with van der Waals surface area (Å²) in [6, 6.07) is 14.7. The van der Waals surface area contributed by atoms with Crippen LogP contribution in [0.3, 0.4) is 0 Å². The van der Waals surface area contributed by atoms with Gasteiger partial charge in [0.2, 0.25) is 6.23 Å². The first-order valence-electron chi connectivity index (χ1n) is 9.82. The molecule has 2 aliphatic rings. The molecule has 1 N–H and O–H groups in total. The lowest BCUT2D eigenvalue weighted by Crippen LogP contribution is -2.33. The Morgan fingerprint density at radius 1 is 1.20 bits per heavy atom. The van der Waals surface area contributed by atoms with Gasteiger partial charge >= 0.3 is 0 Å². The number of aromatic nitrogens is 1. The molecular weight excluding hydrogens is 402 g/mol. The molecule has 2 atom stereocenters. The maximum absolute atomic E-state index is 10.4. The molecule has 30 heavy (non-hydrogen) atoms. The van der Waals surface area contributed by atoms with Gasteiger partial charge in [-0.1, -0.05) is 23.7 Å². The van der Waals surface area contributed by atoms with Crippen LogP contribution < -0.4 is 9.47 Å². The molecule has 5 rings (SSSR count). The quantitative estimate of drug-likeness (QED) is 0.636. The highest BCUT2D eigenvalue weighted by Crippen LogP contribution is 2.51. The van der Waals surface area contributed by atoms with Crippen molar-refractivity contribution in [1.82, 2.24) is 9.99 Å². The average molecular weight is 422 g/mol. The molecule has 0 bridgehead atoms. The molecular formula is C23H20ClN3O3. The van der Waals surface area contributed by atoms with Gasteiger partial charge < -0.3 is 14.6 Å². The van der Waals surface area contributed by atoms with E-state index < -0.39 is 6.23 Å². The molecule has 0 fully saturated rings. The molecule has 1 aromatic heterocycles. The normalized spacial score (nSPS) is 19.5. The fourth-order valence-corrected chi connectivity index (χ4v) is 4.18. The molecule has 152 valence electrons. The van der Waals surface area contributed by atoms with Crippen LogP contribution in [0.15, 0.2) is 66.0 Å². The zero-order valence-electron chi connectivity index (χ0n) is 16.3. The van der Waals surface area contributed by atoms with Crippen LogP contribution in [0.25, 0.3) is 0 Å². The number of benzene rings is 2. The zero-order chi connectivity index (χ0) is 20.7. The topological polar surface area (TPSA) is 67.2 Å². The predicted octanol–water partition coefficient (Wildman–Crippen LogP) is 5.08. The van der Waals surface area contributed by atoms with Crippen molar-refractivity contribution >= 4 is 17.3 Å². The minimum Gasteiger partial charge on any atom is -0.507 e. The van der Waals surface area contributed by atoms with Crippen LogP contribution in [0.5, 0.6) is 17.2 Å². The van der Waals surface area contributed by atoms with E-state index in [4.69, 9.17) is 26.2 Å². The Labute approximate surface area is 179 Å². The van der Waals surface area contributed by atoms with E-state index in [0.717, 1.165) is 22.6 Å². The Morgan fingerprint density at radius 2 is 2.03 bits per heavy atom. The molecule has 2 aromatic carbocycles. The van der Waals surface area contributed by atoms with Gasteiger partial charge in [-0.25, -0.2) is 5.01 Å². The van der Waals surface area contributed by atoms with Crippen molar-refractivity contribution in [2.75, 3.05) is 6.61 Å². The first kappa shape index (κ1) is 18.8. The Kier molecular flexibility index (Phi) is 4.71. The zero-order valence-corrected chi connectivity index (χ0v) is 17.1. The number of pyridine rings is 1. The minimum absolute atomic E-state index is 0.0549. The van der Waals surface area contributed by atoms with Gasteiger partial charge in [0.05, 0.1) is 18.4 Å². The molecule has 6 nitrogen and oxygen atoms in total. The maximum Gasteiger partial charge on any atom is 0.214 e. The lowest BCUT2D eigenvalue weighted by molar-refractivity contribution is -0.0212. The summed E-state index contributed by atoms with van der Waals surface area (Å²) in [4.78, 5) is 4.12. The van der Waals surface area contributed by atoms with Gasteiger partial charge in [-0.05, 0) is 43.3 Å². The van der Waals surface area contributed by atoms with Gasteiger partial charge in [-0.15, -0.1) is 0 Å². The van der Waals surface area contributed by atoms with Crippen molar-refractivity contribution in [3.8, 4) is 17.2 Å². The first-order valence-corrected chi connectivity index (χ1v) is 10.2. The van der Waals surface area contributed by atoms with Gasteiger partial charge in [0.25, 0.3) is 0 Å². The van der Waals surface area contributed by atoms with Gasteiger partial charge in [0, 0.05) is 40.5 Å². The summed E-state index contributed by atoms with van der Waals surface area (Å²) in [7, 11) is 0. The van der Waals surface area contributed by atoms with Crippen molar-refractivity contribution in [1.29, 1.82) is 0 Å². The van der Waals surface area contributed by atoms with Gasteiger partial charge in [-0.2, -0.15) is 5.10 Å². The second kappa shape index (κ2) is 7.54. The Balaban J connectivity index is 1.63. The monoisotopic (exact) mass is 421 g/mol. The number of phenolic OH excluding ortho intramolecular Hbond substituents is 1. The van der Waals surface area contributed by atoms with Crippen LogP contribution >= 0.6 is 11.6 Å². The van der Waals surface area contributed by atoms with Crippen LogP contribution in [-0.4, -0.2) is 27.4 Å². The summed E-state index contributed by atoms with van der Waals surface area (Å²) >= 11 is 6.18. The SMILES string of the molecule is CCOc1cccc2c1O[C@H](c1ccncc1)N1N=C(c3cc(Cl)ccc3O)C[C@@H]21. The van der Waals surface area contributed by atoms with Gasteiger partial charge in [-0.3, -0.25) is 4.98 Å². The number of hydrogen-bond donors (Lipinski definition) is 1. The third-order valence-corrected chi connectivity index (χ3v) is 5.58. The molecule has 0 spiro atoms. The van der Waals surface area contributed by atoms with E-state index in [0.29, 0.717) is 29.4 Å². The van der Waals surface area contributed by atoms with Crippen molar-refractivity contribution in [3.63, 3.8) is 0 Å². The highest BCUT2D eigenvalue weighted by Gasteiger charge is 2.42. The number of nitrogens with zero attached hydrogens (tertiary/aromatic N) is 3. The second-order valence-corrected chi connectivity index (χ2v) is 7.60. The molecule has 7 heteroatoms. The molecule has 0 saturated heterocycles. The second-order valence-electron chi connectivity index (χ2n) is 7.17. The molecule has 0 amide bonds. The molecule has 0 aliphatic carbocycles. The molecule has 3 aromatic rings. The maximum atomic E-state index is 10.4. The number of aromatic hydroxyl groups is 1. The average Bonchev–Trinajstić information content (AvgIpc) is 3.21. The third-order valence-electron chi connectivity index (χ3n) is 5.34. The smallest absolute Gasteiger partial charge is 0.214 e. The fourth-order valence-electron chi connectivity index (χ4n) is 4.00. The number of fused-ring (bicyclic) bond motifs is 3. The molecule has 0 radical (unpaired) electrons. The summed E-state index contributed by atoms with van der Waals surface area (Å²) in [5.41, 5.74) is 3.34. The molecule has 0 unspecified atom stereocenters. The number of rotatable bonds is 4. The third kappa shape index (κ3) is 3.13. The van der Waals surface area contributed by atoms with E-state index in [1.807, 2.05) is 42.3 Å². The molecule has 3 heterocycles. The lowest BCUT2D eigenvalue weighted by atomic mass is 9.95. The van der Waals surface area contributed by atoms with Gasteiger partial charge in [0.1, 0.15) is 5.75 Å². The predicted molar refractivity (Wildman–Crippen MR) is 114 cm³/mol. The van der Waals surface area contributed by atoms with E-state index in [1.54, 1.807) is 30.6 Å². The van der Waals surface area contributed by atoms with E-state index in [2.05, 4.69) is 4.98 Å². The number of halogens is 1. The standard InChI is InChI=1S/C23H20ClN3O3/c1-2-29-21-5-3-4-16-19-13-18(17-12-15(24)6-7-20(17)28)26-27(19)23(30-22(16)21)14-8-10-25-11-9-14/h3-12,19,23,28H,2,13H2,1H3/t19-,23+/m0/s1. The first-order chi connectivity index (χ1) is 14.7. The lowest BCUT2D eigenvalue weighted by Gasteiger charge is -2.38. The number of hydrogen-bond acceptors (Lipinski definition) is 6. The van der Waals surface area contributed by atoms with Crippen molar-refractivity contribution in [3.05, 3.63) is 82.6 Å². The van der Waals surface area contributed by atoms with Crippen LogP contribution in [0.2, 0.25) is 5.02 Å². The summed E-state index contributed by atoms with van der Waals surface area (Å²) in [5, 5.41) is 17.8. The van der Waals surface area contributed by atoms with Crippen molar-refractivity contribution in [2.45, 2.75) is 25.6 Å². The van der Waals surface area contributed by atoms with Crippen molar-refractivity contribution in [2.24, 2.45) is 5.10 Å². The van der Waals surface area contributed by atoms with Gasteiger partial charge in [0.15, 0.2) is 11.5 Å². The Morgan fingerprint density at radius 3 is 2.83 bits per heavy atom.